The fraction of sp³-hybridized carbons (Fsp3) is 0.692. The van der Waals surface area contributed by atoms with Crippen molar-refractivity contribution in [1.82, 2.24) is 9.91 Å². The average molecular weight is 217 g/mol. The minimum absolute atomic E-state index is 0.617. The Hall–Kier alpha value is -1.05. The van der Waals surface area contributed by atoms with Crippen molar-refractivity contribution in [2.45, 2.75) is 25.8 Å². The van der Waals surface area contributed by atoms with Crippen molar-refractivity contribution >= 4 is 6.21 Å². The Balaban J connectivity index is 1.64. The molecule has 3 aliphatic rings. The minimum Gasteiger partial charge on any atom is -0.303 e. The smallest absolute Gasteiger partial charge is 0.0654 e. The predicted octanol–water partition coefficient (Wildman–Crippen LogP) is 1.69. The molecule has 3 rings (SSSR count). The highest BCUT2D eigenvalue weighted by atomic mass is 15.5. The number of likely N-dealkylation sites (tertiary alicyclic amines) is 1. The summed E-state index contributed by atoms with van der Waals surface area (Å²) in [5, 5.41) is 6.50. The van der Waals surface area contributed by atoms with Crippen LogP contribution in [-0.4, -0.2) is 41.8 Å². The van der Waals surface area contributed by atoms with Gasteiger partial charge in [-0.25, -0.2) is 0 Å². The summed E-state index contributed by atoms with van der Waals surface area (Å²) in [6, 6.07) is 0.617. The van der Waals surface area contributed by atoms with E-state index in [0.717, 1.165) is 11.8 Å². The molecule has 2 heterocycles. The zero-order valence-corrected chi connectivity index (χ0v) is 9.84. The van der Waals surface area contributed by atoms with Gasteiger partial charge in [0.2, 0.25) is 0 Å². The van der Waals surface area contributed by atoms with Gasteiger partial charge < -0.3 is 4.90 Å². The van der Waals surface area contributed by atoms with Gasteiger partial charge >= 0.3 is 0 Å². The first kappa shape index (κ1) is 10.1. The Kier molecular flexibility index (Phi) is 2.58. The lowest BCUT2D eigenvalue weighted by Crippen LogP contribution is -2.28. The molecule has 16 heavy (non-hydrogen) atoms. The second-order valence-electron chi connectivity index (χ2n) is 5.10. The number of hydrazone groups is 1. The maximum Gasteiger partial charge on any atom is 0.0654 e. The molecule has 0 radical (unpaired) electrons. The summed E-state index contributed by atoms with van der Waals surface area (Å²) in [6.07, 6.45) is 8.30. The fourth-order valence-electron chi connectivity index (χ4n) is 3.35. The Morgan fingerprint density at radius 1 is 1.31 bits per heavy atom. The van der Waals surface area contributed by atoms with Crippen LogP contribution in [0, 0.1) is 11.8 Å². The Morgan fingerprint density at radius 3 is 2.62 bits per heavy atom. The lowest BCUT2D eigenvalue weighted by atomic mass is 10.0. The van der Waals surface area contributed by atoms with E-state index in [2.05, 4.69) is 27.7 Å². The normalized spacial score (nSPS) is 37.3. The maximum atomic E-state index is 4.40. The summed E-state index contributed by atoms with van der Waals surface area (Å²) in [6.45, 7) is 6.08. The van der Waals surface area contributed by atoms with E-state index >= 15 is 0 Å². The van der Waals surface area contributed by atoms with Crippen LogP contribution in [0.4, 0.5) is 0 Å². The van der Waals surface area contributed by atoms with E-state index < -0.39 is 0 Å². The highest BCUT2D eigenvalue weighted by molar-refractivity contribution is 5.71. The molecule has 3 nitrogen and oxygen atoms in total. The van der Waals surface area contributed by atoms with E-state index in [1.54, 1.807) is 0 Å². The third kappa shape index (κ3) is 1.70. The number of hydrogen-bond donors (Lipinski definition) is 0. The maximum absolute atomic E-state index is 4.40. The van der Waals surface area contributed by atoms with Crippen molar-refractivity contribution in [1.29, 1.82) is 0 Å². The number of nitrogens with zero attached hydrogens (tertiary/aromatic N) is 3. The number of hydrogen-bond acceptors (Lipinski definition) is 3. The average Bonchev–Trinajstić information content (AvgIpc) is 2.87. The van der Waals surface area contributed by atoms with Crippen molar-refractivity contribution in [2.75, 3.05) is 19.6 Å². The summed E-state index contributed by atoms with van der Waals surface area (Å²) in [5.41, 5.74) is 3.11. The van der Waals surface area contributed by atoms with Gasteiger partial charge in [-0.05, 0) is 31.2 Å². The number of allylic oxidation sites excluding steroid dienone is 1. The Morgan fingerprint density at radius 2 is 2.06 bits per heavy atom. The van der Waals surface area contributed by atoms with Gasteiger partial charge in [0.25, 0.3) is 0 Å². The molecule has 2 unspecified atom stereocenters. The lowest BCUT2D eigenvalue weighted by molar-refractivity contribution is 0.252. The van der Waals surface area contributed by atoms with Crippen molar-refractivity contribution in [2.24, 2.45) is 16.9 Å². The molecule has 0 aromatic carbocycles. The molecule has 0 aromatic rings. The van der Waals surface area contributed by atoms with E-state index in [-0.39, 0.29) is 0 Å². The van der Waals surface area contributed by atoms with Gasteiger partial charge in [-0.2, -0.15) is 5.10 Å². The second kappa shape index (κ2) is 4.08. The number of rotatable bonds is 2. The number of fused-ring (bicyclic) bond motifs is 1. The molecule has 1 aliphatic carbocycles. The summed E-state index contributed by atoms with van der Waals surface area (Å²) in [4.78, 5) is 2.58. The molecule has 1 saturated heterocycles. The summed E-state index contributed by atoms with van der Waals surface area (Å²) < 4.78 is 0. The molecule has 1 saturated carbocycles. The van der Waals surface area contributed by atoms with Gasteiger partial charge in [0.15, 0.2) is 0 Å². The van der Waals surface area contributed by atoms with Crippen LogP contribution in [0.2, 0.25) is 0 Å². The van der Waals surface area contributed by atoms with Crippen LogP contribution in [0.5, 0.6) is 0 Å². The molecule has 86 valence electrons. The Labute approximate surface area is 97.1 Å². The van der Waals surface area contributed by atoms with Crippen LogP contribution in [0.25, 0.3) is 0 Å². The van der Waals surface area contributed by atoms with E-state index in [4.69, 9.17) is 0 Å². The molecule has 2 atom stereocenters. The SMILES string of the molecule is CCN1CC2CC(N3C=C=CC=N3)CC2C1. The standard InChI is InChI=1S/C13H19N3/c1-2-15-9-11-7-13(8-12(11)10-15)16-6-4-3-5-14-16/h3,5-6,11-13H,2,7-10H2,1H3. The van der Waals surface area contributed by atoms with Gasteiger partial charge in [-0.1, -0.05) is 12.7 Å². The summed E-state index contributed by atoms with van der Waals surface area (Å²) >= 11 is 0. The van der Waals surface area contributed by atoms with Crippen molar-refractivity contribution in [3.05, 3.63) is 18.0 Å². The largest absolute Gasteiger partial charge is 0.303 e. The van der Waals surface area contributed by atoms with Crippen LogP contribution in [0.15, 0.2) is 23.1 Å². The van der Waals surface area contributed by atoms with Crippen LogP contribution in [0.3, 0.4) is 0 Å². The molecule has 0 N–H and O–H groups in total. The third-order valence-electron chi connectivity index (χ3n) is 4.20. The van der Waals surface area contributed by atoms with Crippen molar-refractivity contribution in [3.63, 3.8) is 0 Å². The molecule has 2 fully saturated rings. The van der Waals surface area contributed by atoms with Gasteiger partial charge in [0.1, 0.15) is 0 Å². The van der Waals surface area contributed by atoms with Gasteiger partial charge in [-0.3, -0.25) is 5.01 Å². The van der Waals surface area contributed by atoms with Crippen LogP contribution in [0.1, 0.15) is 19.8 Å². The second-order valence-corrected chi connectivity index (χ2v) is 5.10. The highest BCUT2D eigenvalue weighted by Crippen LogP contribution is 2.40. The fourth-order valence-corrected chi connectivity index (χ4v) is 3.35. The molecule has 2 aliphatic heterocycles. The molecule has 0 spiro atoms. The molecule has 0 aromatic heterocycles. The van der Waals surface area contributed by atoms with Gasteiger partial charge in [0.05, 0.1) is 18.5 Å². The minimum atomic E-state index is 0.617. The first-order valence-corrected chi connectivity index (χ1v) is 6.32. The van der Waals surface area contributed by atoms with E-state index in [0.29, 0.717) is 6.04 Å². The van der Waals surface area contributed by atoms with Crippen molar-refractivity contribution < 1.29 is 0 Å². The Bertz CT molecular complexity index is 340. The first-order valence-electron chi connectivity index (χ1n) is 6.32. The monoisotopic (exact) mass is 217 g/mol. The highest BCUT2D eigenvalue weighted by Gasteiger charge is 2.41. The van der Waals surface area contributed by atoms with E-state index in [9.17, 15) is 0 Å². The molecule has 3 heteroatoms. The van der Waals surface area contributed by atoms with Crippen LogP contribution >= 0.6 is 0 Å². The molecular formula is C13H19N3. The lowest BCUT2D eigenvalue weighted by Gasteiger charge is -2.24. The van der Waals surface area contributed by atoms with E-state index in [1.165, 1.54) is 32.5 Å². The van der Waals surface area contributed by atoms with E-state index in [1.807, 2.05) is 18.5 Å². The first-order chi connectivity index (χ1) is 7.86. The van der Waals surface area contributed by atoms with Gasteiger partial charge in [-0.15, -0.1) is 0 Å². The predicted molar refractivity (Wildman–Crippen MR) is 65.1 cm³/mol. The summed E-state index contributed by atoms with van der Waals surface area (Å²) in [5.74, 6) is 1.80. The van der Waals surface area contributed by atoms with Crippen LogP contribution < -0.4 is 0 Å². The van der Waals surface area contributed by atoms with Crippen LogP contribution in [-0.2, 0) is 0 Å². The summed E-state index contributed by atoms with van der Waals surface area (Å²) in [7, 11) is 0. The topological polar surface area (TPSA) is 18.8 Å². The van der Waals surface area contributed by atoms with Crippen molar-refractivity contribution in [3.8, 4) is 0 Å². The quantitative estimate of drug-likeness (QED) is 0.655. The molecular weight excluding hydrogens is 198 g/mol. The third-order valence-corrected chi connectivity index (χ3v) is 4.20. The van der Waals surface area contributed by atoms with Gasteiger partial charge in [0, 0.05) is 19.2 Å². The molecule has 0 bridgehead atoms. The zero-order valence-electron chi connectivity index (χ0n) is 9.84. The zero-order chi connectivity index (χ0) is 11.0. The molecule has 0 amide bonds.